The number of nitrogens with two attached hydrogens (primary N) is 1. The number of esters is 1. The highest BCUT2D eigenvalue weighted by Crippen LogP contribution is 2.21. The molecule has 0 aliphatic rings. The first-order valence-electron chi connectivity index (χ1n) is 4.47. The smallest absolute Gasteiger partial charge is 0.346 e. The van der Waals surface area contributed by atoms with Crippen molar-refractivity contribution in [1.29, 1.82) is 0 Å². The Bertz CT molecular complexity index is 507. The molecule has 2 rings (SSSR count). The number of carbonyl (C=O) groups excluding carboxylic acids is 1. The molecule has 2 aromatic rings. The molecule has 0 aliphatic heterocycles. The second-order valence-electron chi connectivity index (χ2n) is 3.04. The van der Waals surface area contributed by atoms with Crippen LogP contribution in [0.1, 0.15) is 10.4 Å². The highest BCUT2D eigenvalue weighted by atomic mass is 32.1. The minimum atomic E-state index is -0.537. The van der Waals surface area contributed by atoms with Crippen molar-refractivity contribution in [3.63, 3.8) is 0 Å². The van der Waals surface area contributed by atoms with Crippen LogP contribution in [0.4, 0.5) is 9.39 Å². The summed E-state index contributed by atoms with van der Waals surface area (Å²) in [6.07, 6.45) is 0. The summed E-state index contributed by atoms with van der Waals surface area (Å²) in [7, 11) is 0. The van der Waals surface area contributed by atoms with E-state index in [4.69, 9.17) is 10.5 Å². The van der Waals surface area contributed by atoms with Gasteiger partial charge in [0.2, 0.25) is 0 Å². The molecule has 1 heterocycles. The van der Waals surface area contributed by atoms with Crippen LogP contribution in [0.15, 0.2) is 35.7 Å². The summed E-state index contributed by atoms with van der Waals surface area (Å²) >= 11 is 1.26. The first-order chi connectivity index (χ1) is 7.66. The molecule has 1 aromatic carbocycles. The number of rotatable bonds is 2. The molecule has 5 heteroatoms. The first-order valence-corrected chi connectivity index (χ1v) is 5.35. The van der Waals surface area contributed by atoms with Crippen molar-refractivity contribution in [2.45, 2.75) is 0 Å². The van der Waals surface area contributed by atoms with Gasteiger partial charge in [0.05, 0.1) is 5.56 Å². The zero-order chi connectivity index (χ0) is 11.5. The summed E-state index contributed by atoms with van der Waals surface area (Å²) in [6, 6.07) is 6.80. The van der Waals surface area contributed by atoms with Gasteiger partial charge < -0.3 is 10.5 Å². The van der Waals surface area contributed by atoms with Crippen molar-refractivity contribution < 1.29 is 13.9 Å². The number of hydrogen-bond donors (Lipinski definition) is 1. The van der Waals surface area contributed by atoms with Crippen LogP contribution >= 0.6 is 11.3 Å². The number of ether oxygens (including phenoxy) is 1. The third-order valence-corrected chi connectivity index (χ3v) is 2.69. The van der Waals surface area contributed by atoms with Crippen molar-refractivity contribution in [3.8, 4) is 5.75 Å². The zero-order valence-electron chi connectivity index (χ0n) is 8.14. The van der Waals surface area contributed by atoms with Gasteiger partial charge in [-0.15, -0.1) is 11.3 Å². The number of thiophene rings is 1. The van der Waals surface area contributed by atoms with Gasteiger partial charge in [-0.1, -0.05) is 0 Å². The summed E-state index contributed by atoms with van der Waals surface area (Å²) in [4.78, 5) is 11.6. The Kier molecular flexibility index (Phi) is 2.87. The molecule has 0 radical (unpaired) electrons. The van der Waals surface area contributed by atoms with Gasteiger partial charge in [0.15, 0.2) is 0 Å². The van der Waals surface area contributed by atoms with Crippen LogP contribution < -0.4 is 10.5 Å². The summed E-state index contributed by atoms with van der Waals surface area (Å²) in [5.41, 5.74) is 5.90. The zero-order valence-corrected chi connectivity index (χ0v) is 8.96. The van der Waals surface area contributed by atoms with E-state index in [0.29, 0.717) is 10.6 Å². The Morgan fingerprint density at radius 2 is 1.94 bits per heavy atom. The van der Waals surface area contributed by atoms with Crippen LogP contribution in [0, 0.1) is 5.82 Å². The molecule has 0 bridgehead atoms. The fourth-order valence-electron chi connectivity index (χ4n) is 1.15. The highest BCUT2D eigenvalue weighted by Gasteiger charge is 2.12. The first kappa shape index (κ1) is 10.6. The van der Waals surface area contributed by atoms with Crippen LogP contribution in [0.2, 0.25) is 0 Å². The Balaban J connectivity index is 2.14. The Labute approximate surface area is 95.3 Å². The average Bonchev–Trinajstić information content (AvgIpc) is 2.68. The topological polar surface area (TPSA) is 52.3 Å². The van der Waals surface area contributed by atoms with Gasteiger partial charge in [-0.3, -0.25) is 0 Å². The van der Waals surface area contributed by atoms with Crippen molar-refractivity contribution in [3.05, 3.63) is 47.1 Å². The number of benzene rings is 1. The fraction of sp³-hybridized carbons (Fsp3) is 0. The summed E-state index contributed by atoms with van der Waals surface area (Å²) in [5, 5.41) is 2.11. The van der Waals surface area contributed by atoms with E-state index >= 15 is 0 Å². The Morgan fingerprint density at radius 3 is 2.50 bits per heavy atom. The molecule has 0 spiro atoms. The molecular formula is C11H8FNO2S. The lowest BCUT2D eigenvalue weighted by Gasteiger charge is -2.03. The predicted molar refractivity (Wildman–Crippen MR) is 60.1 cm³/mol. The maximum atomic E-state index is 12.6. The monoisotopic (exact) mass is 237 g/mol. The molecule has 1 aromatic heterocycles. The van der Waals surface area contributed by atoms with Crippen LogP contribution in [-0.4, -0.2) is 5.97 Å². The third kappa shape index (κ3) is 2.20. The molecule has 0 unspecified atom stereocenters. The van der Waals surface area contributed by atoms with Gasteiger partial charge >= 0.3 is 5.97 Å². The minimum Gasteiger partial charge on any atom is -0.423 e. The van der Waals surface area contributed by atoms with Crippen molar-refractivity contribution in [1.82, 2.24) is 0 Å². The highest BCUT2D eigenvalue weighted by molar-refractivity contribution is 7.14. The van der Waals surface area contributed by atoms with Gasteiger partial charge in [-0.05, 0) is 35.7 Å². The lowest BCUT2D eigenvalue weighted by Crippen LogP contribution is -2.09. The van der Waals surface area contributed by atoms with Gasteiger partial charge in [-0.2, -0.15) is 0 Å². The lowest BCUT2D eigenvalue weighted by atomic mass is 10.3. The Morgan fingerprint density at radius 1 is 1.25 bits per heavy atom. The molecule has 16 heavy (non-hydrogen) atoms. The quantitative estimate of drug-likeness (QED) is 0.645. The predicted octanol–water partition coefficient (Wildman–Crippen LogP) is 2.69. The van der Waals surface area contributed by atoms with Crippen molar-refractivity contribution in [2.75, 3.05) is 5.73 Å². The van der Waals surface area contributed by atoms with E-state index < -0.39 is 5.97 Å². The normalized spacial score (nSPS) is 10.1. The van der Waals surface area contributed by atoms with E-state index in [0.717, 1.165) is 0 Å². The SMILES string of the molecule is Nc1sccc1C(=O)Oc1ccc(F)cc1. The molecule has 2 N–H and O–H groups in total. The van der Waals surface area contributed by atoms with E-state index in [1.165, 1.54) is 35.6 Å². The second kappa shape index (κ2) is 4.32. The number of nitrogen functional groups attached to an aromatic ring is 1. The van der Waals surface area contributed by atoms with E-state index in [1.807, 2.05) is 0 Å². The average molecular weight is 237 g/mol. The van der Waals surface area contributed by atoms with Crippen LogP contribution in [0.25, 0.3) is 0 Å². The molecule has 0 fully saturated rings. The maximum absolute atomic E-state index is 12.6. The number of halogens is 1. The minimum absolute atomic E-state index is 0.289. The number of hydrogen-bond acceptors (Lipinski definition) is 4. The molecule has 82 valence electrons. The molecule has 0 saturated heterocycles. The van der Waals surface area contributed by atoms with Gasteiger partial charge in [0.1, 0.15) is 16.6 Å². The molecular weight excluding hydrogens is 229 g/mol. The standard InChI is InChI=1S/C11H8FNO2S/c12-7-1-3-8(4-2-7)15-11(14)9-5-6-16-10(9)13/h1-6H,13H2. The summed E-state index contributed by atoms with van der Waals surface area (Å²) in [5.74, 6) is -0.628. The lowest BCUT2D eigenvalue weighted by molar-refractivity contribution is 0.0736. The molecule has 0 amide bonds. The van der Waals surface area contributed by atoms with Gasteiger partial charge in [0, 0.05) is 0 Å². The van der Waals surface area contributed by atoms with Crippen LogP contribution in [0.3, 0.4) is 0 Å². The van der Waals surface area contributed by atoms with E-state index in [1.54, 1.807) is 11.4 Å². The molecule has 0 atom stereocenters. The summed E-state index contributed by atoms with van der Waals surface area (Å²) in [6.45, 7) is 0. The number of anilines is 1. The molecule has 3 nitrogen and oxygen atoms in total. The van der Waals surface area contributed by atoms with Crippen LogP contribution in [-0.2, 0) is 0 Å². The Hall–Kier alpha value is -1.88. The molecule has 0 aliphatic carbocycles. The van der Waals surface area contributed by atoms with E-state index in [9.17, 15) is 9.18 Å². The van der Waals surface area contributed by atoms with Gasteiger partial charge in [0.25, 0.3) is 0 Å². The van der Waals surface area contributed by atoms with Crippen molar-refractivity contribution in [2.24, 2.45) is 0 Å². The third-order valence-electron chi connectivity index (χ3n) is 1.94. The molecule has 0 saturated carbocycles. The maximum Gasteiger partial charge on any atom is 0.346 e. The largest absolute Gasteiger partial charge is 0.423 e. The van der Waals surface area contributed by atoms with E-state index in [2.05, 4.69) is 0 Å². The second-order valence-corrected chi connectivity index (χ2v) is 3.99. The summed E-state index contributed by atoms with van der Waals surface area (Å²) < 4.78 is 17.6. The van der Waals surface area contributed by atoms with E-state index in [-0.39, 0.29) is 11.6 Å². The number of carbonyl (C=O) groups is 1. The van der Waals surface area contributed by atoms with Crippen molar-refractivity contribution >= 4 is 22.3 Å². The fourth-order valence-corrected chi connectivity index (χ4v) is 1.78. The van der Waals surface area contributed by atoms with Gasteiger partial charge in [-0.25, -0.2) is 9.18 Å². The van der Waals surface area contributed by atoms with Crippen LogP contribution in [0.5, 0.6) is 5.75 Å².